The minimum Gasteiger partial charge on any atom is -0.490 e. The molecule has 1 saturated carbocycles. The fraction of sp³-hybridized carbons (Fsp3) is 0.500. The summed E-state index contributed by atoms with van der Waals surface area (Å²) in [4.78, 5) is 22.7. The molecule has 0 spiro atoms. The molecule has 21 heavy (non-hydrogen) atoms. The number of hydrogen-bond donors (Lipinski definition) is 2. The molecule has 0 bridgehead atoms. The molecule has 0 saturated heterocycles. The highest BCUT2D eigenvalue weighted by Gasteiger charge is 2.17. The van der Waals surface area contributed by atoms with Gasteiger partial charge in [-0.3, -0.25) is 9.59 Å². The number of benzene rings is 1. The number of carbonyl (C=O) groups is 2. The number of carboxylic acids is 1. The highest BCUT2D eigenvalue weighted by molar-refractivity contribution is 5.94. The van der Waals surface area contributed by atoms with E-state index in [9.17, 15) is 9.59 Å². The topological polar surface area (TPSA) is 75.6 Å². The van der Waals surface area contributed by atoms with Crippen molar-refractivity contribution in [2.45, 2.75) is 51.2 Å². The standard InChI is InChI=1S/C16H21NO4/c1-11(9-15(18)19)17-16(20)12-5-4-8-14(10-12)21-13-6-2-3-7-13/h4-5,8,10-11,13H,2-3,6-7,9H2,1H3,(H,17,20)(H,18,19). The van der Waals surface area contributed by atoms with Gasteiger partial charge >= 0.3 is 5.97 Å². The predicted molar refractivity (Wildman–Crippen MR) is 78.5 cm³/mol. The van der Waals surface area contributed by atoms with Crippen LogP contribution in [0.1, 0.15) is 49.4 Å². The molecule has 1 aromatic rings. The number of aliphatic carboxylic acids is 1. The number of amides is 1. The molecule has 0 radical (unpaired) electrons. The summed E-state index contributed by atoms with van der Waals surface area (Å²) in [5, 5.41) is 11.4. The van der Waals surface area contributed by atoms with Crippen LogP contribution in [0.25, 0.3) is 0 Å². The van der Waals surface area contributed by atoms with Gasteiger partial charge in [0.2, 0.25) is 0 Å². The average molecular weight is 291 g/mol. The summed E-state index contributed by atoms with van der Waals surface area (Å²) < 4.78 is 5.86. The molecular weight excluding hydrogens is 270 g/mol. The molecule has 0 heterocycles. The molecule has 1 aliphatic carbocycles. The lowest BCUT2D eigenvalue weighted by molar-refractivity contribution is -0.137. The van der Waals surface area contributed by atoms with Crippen LogP contribution in [0.2, 0.25) is 0 Å². The Labute approximate surface area is 124 Å². The van der Waals surface area contributed by atoms with E-state index in [1.165, 1.54) is 12.8 Å². The van der Waals surface area contributed by atoms with Crippen molar-refractivity contribution >= 4 is 11.9 Å². The zero-order valence-corrected chi connectivity index (χ0v) is 12.2. The van der Waals surface area contributed by atoms with E-state index in [-0.39, 0.29) is 18.4 Å². The van der Waals surface area contributed by atoms with E-state index in [1.54, 1.807) is 25.1 Å². The second-order valence-electron chi connectivity index (χ2n) is 5.52. The molecule has 5 heteroatoms. The summed E-state index contributed by atoms with van der Waals surface area (Å²) in [6, 6.07) is 6.62. The van der Waals surface area contributed by atoms with E-state index in [4.69, 9.17) is 9.84 Å². The lowest BCUT2D eigenvalue weighted by atomic mass is 10.1. The van der Waals surface area contributed by atoms with Crippen LogP contribution < -0.4 is 10.1 Å². The van der Waals surface area contributed by atoms with E-state index in [1.807, 2.05) is 6.07 Å². The van der Waals surface area contributed by atoms with Gasteiger partial charge in [-0.15, -0.1) is 0 Å². The number of nitrogens with one attached hydrogen (secondary N) is 1. The number of carboxylic acid groups (broad SMARTS) is 1. The fourth-order valence-corrected chi connectivity index (χ4v) is 2.53. The van der Waals surface area contributed by atoms with E-state index in [2.05, 4.69) is 5.32 Å². The maximum atomic E-state index is 12.1. The second kappa shape index (κ2) is 7.11. The van der Waals surface area contributed by atoms with Crippen molar-refractivity contribution in [3.05, 3.63) is 29.8 Å². The molecule has 5 nitrogen and oxygen atoms in total. The van der Waals surface area contributed by atoms with Gasteiger partial charge in [-0.25, -0.2) is 0 Å². The Balaban J connectivity index is 1.95. The van der Waals surface area contributed by atoms with Crippen molar-refractivity contribution in [1.82, 2.24) is 5.32 Å². The average Bonchev–Trinajstić information content (AvgIpc) is 2.90. The van der Waals surface area contributed by atoms with Crippen LogP contribution in [-0.2, 0) is 4.79 Å². The third-order valence-electron chi connectivity index (χ3n) is 3.56. The van der Waals surface area contributed by atoms with Gasteiger partial charge < -0.3 is 15.2 Å². The van der Waals surface area contributed by atoms with Crippen molar-refractivity contribution in [1.29, 1.82) is 0 Å². The van der Waals surface area contributed by atoms with Crippen LogP contribution in [0, 0.1) is 0 Å². The van der Waals surface area contributed by atoms with Gasteiger partial charge in [0.1, 0.15) is 5.75 Å². The maximum Gasteiger partial charge on any atom is 0.305 e. The first-order valence-corrected chi connectivity index (χ1v) is 7.34. The highest BCUT2D eigenvalue weighted by Crippen LogP contribution is 2.24. The predicted octanol–water partition coefficient (Wildman–Crippen LogP) is 2.60. The van der Waals surface area contributed by atoms with Crippen LogP contribution in [0.4, 0.5) is 0 Å². The second-order valence-corrected chi connectivity index (χ2v) is 5.52. The minimum absolute atomic E-state index is 0.0932. The van der Waals surface area contributed by atoms with Gasteiger partial charge in [-0.2, -0.15) is 0 Å². The minimum atomic E-state index is -0.930. The Bertz CT molecular complexity index is 509. The van der Waals surface area contributed by atoms with Gasteiger partial charge in [0.25, 0.3) is 5.91 Å². The number of rotatable bonds is 6. The SMILES string of the molecule is CC(CC(=O)O)NC(=O)c1cccc(OC2CCCC2)c1. The monoisotopic (exact) mass is 291 g/mol. The van der Waals surface area contributed by atoms with Gasteiger partial charge in [0, 0.05) is 11.6 Å². The summed E-state index contributed by atoms with van der Waals surface area (Å²) in [6.07, 6.45) is 4.66. The molecule has 2 rings (SSSR count). The number of hydrogen-bond acceptors (Lipinski definition) is 3. The van der Waals surface area contributed by atoms with Gasteiger partial charge in [-0.05, 0) is 50.8 Å². The Morgan fingerprint density at radius 3 is 2.76 bits per heavy atom. The lowest BCUT2D eigenvalue weighted by Crippen LogP contribution is -2.34. The molecular formula is C16H21NO4. The highest BCUT2D eigenvalue weighted by atomic mass is 16.5. The lowest BCUT2D eigenvalue weighted by Gasteiger charge is -2.15. The molecule has 1 aliphatic rings. The molecule has 1 aromatic carbocycles. The van der Waals surface area contributed by atoms with Crippen LogP contribution in [0.5, 0.6) is 5.75 Å². The molecule has 1 amide bonds. The largest absolute Gasteiger partial charge is 0.490 e. The summed E-state index contributed by atoms with van der Waals surface area (Å²) in [5.41, 5.74) is 0.489. The Kier molecular flexibility index (Phi) is 5.20. The molecule has 1 atom stereocenters. The molecule has 2 N–H and O–H groups in total. The van der Waals surface area contributed by atoms with Gasteiger partial charge in [-0.1, -0.05) is 6.07 Å². The van der Waals surface area contributed by atoms with E-state index in [0.29, 0.717) is 11.3 Å². The van der Waals surface area contributed by atoms with Crippen molar-refractivity contribution in [3.8, 4) is 5.75 Å². The number of carbonyl (C=O) groups excluding carboxylic acids is 1. The molecule has 114 valence electrons. The third-order valence-corrected chi connectivity index (χ3v) is 3.56. The summed E-state index contributed by atoms with van der Waals surface area (Å²) in [7, 11) is 0. The smallest absolute Gasteiger partial charge is 0.305 e. The maximum absolute atomic E-state index is 12.1. The van der Waals surface area contributed by atoms with Crippen LogP contribution in [0.15, 0.2) is 24.3 Å². The first kappa shape index (κ1) is 15.4. The zero-order valence-electron chi connectivity index (χ0n) is 12.2. The summed E-state index contributed by atoms with van der Waals surface area (Å²) in [5.74, 6) is -0.512. The summed E-state index contributed by atoms with van der Waals surface area (Å²) in [6.45, 7) is 1.67. The van der Waals surface area contributed by atoms with Gasteiger partial charge in [0.15, 0.2) is 0 Å². The van der Waals surface area contributed by atoms with Crippen molar-refractivity contribution in [2.75, 3.05) is 0 Å². The summed E-state index contributed by atoms with van der Waals surface area (Å²) >= 11 is 0. The first-order valence-electron chi connectivity index (χ1n) is 7.34. The fourth-order valence-electron chi connectivity index (χ4n) is 2.53. The van der Waals surface area contributed by atoms with Crippen LogP contribution in [-0.4, -0.2) is 29.1 Å². The Morgan fingerprint density at radius 2 is 2.10 bits per heavy atom. The third kappa shape index (κ3) is 4.77. The molecule has 1 unspecified atom stereocenters. The number of ether oxygens (including phenoxy) is 1. The molecule has 0 aromatic heterocycles. The van der Waals surface area contributed by atoms with Crippen molar-refractivity contribution < 1.29 is 19.4 Å². The zero-order chi connectivity index (χ0) is 15.2. The van der Waals surface area contributed by atoms with E-state index < -0.39 is 12.0 Å². The van der Waals surface area contributed by atoms with Crippen LogP contribution in [0.3, 0.4) is 0 Å². The Morgan fingerprint density at radius 1 is 1.38 bits per heavy atom. The van der Waals surface area contributed by atoms with Crippen molar-refractivity contribution in [2.24, 2.45) is 0 Å². The first-order chi connectivity index (χ1) is 10.0. The molecule has 1 fully saturated rings. The normalized spacial score (nSPS) is 16.4. The van der Waals surface area contributed by atoms with E-state index in [0.717, 1.165) is 12.8 Å². The van der Waals surface area contributed by atoms with Crippen molar-refractivity contribution in [3.63, 3.8) is 0 Å². The molecule has 0 aliphatic heterocycles. The van der Waals surface area contributed by atoms with E-state index >= 15 is 0 Å². The van der Waals surface area contributed by atoms with Crippen LogP contribution >= 0.6 is 0 Å². The quantitative estimate of drug-likeness (QED) is 0.844. The van der Waals surface area contributed by atoms with Gasteiger partial charge in [0.05, 0.1) is 12.5 Å². The Hall–Kier alpha value is -2.04.